The van der Waals surface area contributed by atoms with Crippen LogP contribution < -0.4 is 15.4 Å². The maximum Gasteiger partial charge on any atom is 0.224 e. The molecule has 6 nitrogen and oxygen atoms in total. The van der Waals surface area contributed by atoms with Crippen LogP contribution in [0.5, 0.6) is 0 Å². The first-order chi connectivity index (χ1) is 17.3. The second kappa shape index (κ2) is 11.7. The summed E-state index contributed by atoms with van der Waals surface area (Å²) in [5.41, 5.74) is 5.19. The van der Waals surface area contributed by atoms with E-state index in [1.807, 2.05) is 25.4 Å². The summed E-state index contributed by atoms with van der Waals surface area (Å²) in [6.07, 6.45) is 5.69. The molecule has 0 aliphatic carbocycles. The lowest BCUT2D eigenvalue weighted by Crippen LogP contribution is -2.29. The van der Waals surface area contributed by atoms with Crippen LogP contribution in [0.4, 0.5) is 5.69 Å². The molecule has 0 unspecified atom stereocenters. The molecule has 36 heavy (non-hydrogen) atoms. The van der Waals surface area contributed by atoms with Crippen LogP contribution in [0.25, 0.3) is 21.0 Å². The molecule has 2 heterocycles. The van der Waals surface area contributed by atoms with Gasteiger partial charge in [0.25, 0.3) is 0 Å². The first-order valence-electron chi connectivity index (χ1n) is 11.8. The number of amides is 1. The van der Waals surface area contributed by atoms with Crippen LogP contribution in [0.15, 0.2) is 78.1 Å². The Morgan fingerprint density at radius 3 is 2.53 bits per heavy atom. The Labute approximate surface area is 221 Å². The fourth-order valence-electron chi connectivity index (χ4n) is 3.44. The van der Waals surface area contributed by atoms with Crippen LogP contribution in [0.3, 0.4) is 0 Å². The van der Waals surface area contributed by atoms with Gasteiger partial charge in [-0.2, -0.15) is 0 Å². The number of hydrogen-bond donors (Lipinski definition) is 3. The van der Waals surface area contributed by atoms with Gasteiger partial charge in [0.15, 0.2) is 0 Å². The number of nitrogens with zero attached hydrogens (tertiary/aromatic N) is 2. The molecule has 2 aromatic heterocycles. The highest BCUT2D eigenvalue weighted by molar-refractivity contribution is 7.97. The number of anilines is 1. The summed E-state index contributed by atoms with van der Waals surface area (Å²) in [7, 11) is 1.91. The Hall–Kier alpha value is -3.20. The molecule has 0 bridgehead atoms. The normalized spacial score (nSPS) is 11.3. The van der Waals surface area contributed by atoms with Gasteiger partial charge in [-0.1, -0.05) is 18.2 Å². The van der Waals surface area contributed by atoms with Gasteiger partial charge < -0.3 is 10.6 Å². The van der Waals surface area contributed by atoms with Gasteiger partial charge in [-0.15, -0.1) is 11.3 Å². The van der Waals surface area contributed by atoms with Crippen molar-refractivity contribution in [1.82, 2.24) is 20.0 Å². The first kappa shape index (κ1) is 25.9. The minimum absolute atomic E-state index is 0.0227. The molecule has 186 valence electrons. The minimum Gasteiger partial charge on any atom is -0.388 e. The summed E-state index contributed by atoms with van der Waals surface area (Å²) < 4.78 is 3.52. The third kappa shape index (κ3) is 7.16. The summed E-state index contributed by atoms with van der Waals surface area (Å²) in [6, 6.07) is 18.4. The Bertz CT molecular complexity index is 1300. The van der Waals surface area contributed by atoms with Crippen LogP contribution in [-0.2, 0) is 17.8 Å². The van der Waals surface area contributed by atoms with Gasteiger partial charge in [-0.25, -0.2) is 4.98 Å². The highest BCUT2D eigenvalue weighted by Gasteiger charge is 2.16. The van der Waals surface area contributed by atoms with Crippen molar-refractivity contribution in [3.8, 4) is 21.0 Å². The quantitative estimate of drug-likeness (QED) is 0.231. The molecule has 4 rings (SSSR count). The fraction of sp³-hybridized carbons (Fsp3) is 0.250. The Balaban J connectivity index is 1.52. The van der Waals surface area contributed by atoms with E-state index in [4.69, 9.17) is 4.98 Å². The summed E-state index contributed by atoms with van der Waals surface area (Å²) in [5, 5.41) is 7.16. The highest BCUT2D eigenvalue weighted by Crippen LogP contribution is 2.38. The van der Waals surface area contributed by atoms with E-state index < -0.39 is 0 Å². The maximum atomic E-state index is 12.4. The molecule has 0 radical (unpaired) electrons. The molecule has 0 fully saturated rings. The van der Waals surface area contributed by atoms with E-state index in [1.54, 1.807) is 35.7 Å². The molecule has 3 N–H and O–H groups in total. The molecule has 2 aromatic carbocycles. The van der Waals surface area contributed by atoms with Gasteiger partial charge in [-0.3, -0.25) is 14.5 Å². The molecule has 4 aromatic rings. The number of benzene rings is 2. The summed E-state index contributed by atoms with van der Waals surface area (Å²) in [6.45, 7) is 6.89. The van der Waals surface area contributed by atoms with Crippen molar-refractivity contribution in [3.05, 3.63) is 84.3 Å². The van der Waals surface area contributed by atoms with Crippen molar-refractivity contribution in [1.29, 1.82) is 0 Å². The van der Waals surface area contributed by atoms with E-state index in [9.17, 15) is 4.79 Å². The standard InChI is InChI=1S/C28H31N5OS2/c1-28(2,3)33-36-24-14-20(17-31-26(34)15-19-6-5-13-30-16-19)7-12-23(24)25-18-32-27(35-25)21-8-10-22(29-4)11-9-21/h5-14,16,18,29,33H,15,17H2,1-4H3,(H,31,34). The van der Waals surface area contributed by atoms with Crippen molar-refractivity contribution >= 4 is 34.9 Å². The van der Waals surface area contributed by atoms with E-state index >= 15 is 0 Å². The third-order valence-corrected chi connectivity index (χ3v) is 7.63. The van der Waals surface area contributed by atoms with Crippen molar-refractivity contribution in [3.63, 3.8) is 0 Å². The molecule has 0 aliphatic heterocycles. The molecule has 0 atom stereocenters. The second-order valence-corrected chi connectivity index (χ2v) is 11.3. The number of thiazole rings is 1. The van der Waals surface area contributed by atoms with Crippen LogP contribution in [0.2, 0.25) is 0 Å². The lowest BCUT2D eigenvalue weighted by Gasteiger charge is -2.21. The summed E-state index contributed by atoms with van der Waals surface area (Å²) >= 11 is 3.29. The molecule has 8 heteroatoms. The Kier molecular flexibility index (Phi) is 8.40. The number of pyridine rings is 1. The number of carbonyl (C=O) groups is 1. The van der Waals surface area contributed by atoms with Crippen molar-refractivity contribution < 1.29 is 4.79 Å². The van der Waals surface area contributed by atoms with Gasteiger partial charge in [0.1, 0.15) is 5.01 Å². The molecule has 0 saturated heterocycles. The van der Waals surface area contributed by atoms with Gasteiger partial charge in [-0.05, 0) is 80.2 Å². The van der Waals surface area contributed by atoms with E-state index in [1.165, 1.54) is 0 Å². The second-order valence-electron chi connectivity index (χ2n) is 9.46. The Morgan fingerprint density at radius 2 is 1.83 bits per heavy atom. The van der Waals surface area contributed by atoms with E-state index in [0.29, 0.717) is 13.0 Å². The smallest absolute Gasteiger partial charge is 0.224 e. The molecule has 0 saturated carbocycles. The average molecular weight is 518 g/mol. The summed E-state index contributed by atoms with van der Waals surface area (Å²) in [5.74, 6) is -0.0227. The zero-order valence-corrected chi connectivity index (χ0v) is 22.6. The van der Waals surface area contributed by atoms with E-state index in [0.717, 1.165) is 42.7 Å². The summed E-state index contributed by atoms with van der Waals surface area (Å²) in [4.78, 5) is 23.4. The van der Waals surface area contributed by atoms with Crippen LogP contribution >= 0.6 is 23.3 Å². The fourth-order valence-corrected chi connectivity index (χ4v) is 5.38. The lowest BCUT2D eigenvalue weighted by molar-refractivity contribution is -0.120. The zero-order chi connectivity index (χ0) is 25.5. The largest absolute Gasteiger partial charge is 0.388 e. The van der Waals surface area contributed by atoms with E-state index in [2.05, 4.69) is 83.6 Å². The molecule has 0 spiro atoms. The van der Waals surface area contributed by atoms with E-state index in [-0.39, 0.29) is 11.4 Å². The Morgan fingerprint density at radius 1 is 1.03 bits per heavy atom. The van der Waals surface area contributed by atoms with Crippen LogP contribution in [0, 0.1) is 0 Å². The van der Waals surface area contributed by atoms with Gasteiger partial charge in [0, 0.05) is 59.4 Å². The number of carbonyl (C=O) groups excluding carboxylic acids is 1. The first-order valence-corrected chi connectivity index (χ1v) is 13.4. The predicted octanol–water partition coefficient (Wildman–Crippen LogP) is 6.17. The molecule has 1 amide bonds. The molecular formula is C28H31N5OS2. The van der Waals surface area contributed by atoms with Crippen LogP contribution in [-0.4, -0.2) is 28.5 Å². The average Bonchev–Trinajstić information content (AvgIpc) is 3.36. The lowest BCUT2D eigenvalue weighted by atomic mass is 10.1. The highest BCUT2D eigenvalue weighted by atomic mass is 32.2. The zero-order valence-electron chi connectivity index (χ0n) is 21.0. The third-order valence-electron chi connectivity index (χ3n) is 5.28. The topological polar surface area (TPSA) is 78.9 Å². The van der Waals surface area contributed by atoms with Crippen LogP contribution in [0.1, 0.15) is 31.9 Å². The van der Waals surface area contributed by atoms with Gasteiger partial charge in [0.2, 0.25) is 5.91 Å². The number of aromatic nitrogens is 2. The van der Waals surface area contributed by atoms with Crippen molar-refractivity contribution in [2.45, 2.75) is 44.2 Å². The monoisotopic (exact) mass is 517 g/mol. The minimum atomic E-state index is -0.0518. The van der Waals surface area contributed by atoms with Gasteiger partial charge >= 0.3 is 0 Å². The number of hydrogen-bond acceptors (Lipinski definition) is 7. The molecular weight excluding hydrogens is 486 g/mol. The van der Waals surface area contributed by atoms with Gasteiger partial charge in [0.05, 0.1) is 11.3 Å². The van der Waals surface area contributed by atoms with Crippen molar-refractivity contribution in [2.24, 2.45) is 0 Å². The SMILES string of the molecule is CNc1ccc(-c2ncc(-c3ccc(CNC(=O)Cc4cccnc4)cc3SNC(C)(C)C)s2)cc1. The number of rotatable bonds is 9. The van der Waals surface area contributed by atoms with Crippen molar-refractivity contribution in [2.75, 3.05) is 12.4 Å². The predicted molar refractivity (Wildman–Crippen MR) is 151 cm³/mol. The number of nitrogens with one attached hydrogen (secondary N) is 3. The molecule has 0 aliphatic rings. The maximum absolute atomic E-state index is 12.4.